The smallest absolute Gasteiger partial charge is 0.197 e. The van der Waals surface area contributed by atoms with Gasteiger partial charge in [0.15, 0.2) is 11.5 Å². The normalized spacial score (nSPS) is 11.5. The van der Waals surface area contributed by atoms with E-state index < -0.39 is 10.0 Å². The van der Waals surface area contributed by atoms with Gasteiger partial charge in [0, 0.05) is 5.56 Å². The SMILES string of the molecule is Cc1ccc(S(=O)(=O)N[n+]2cc(C)c(C)s2)cc1. The van der Waals surface area contributed by atoms with E-state index in [9.17, 15) is 8.42 Å². The van der Waals surface area contributed by atoms with Crippen LogP contribution in [0.25, 0.3) is 0 Å². The van der Waals surface area contributed by atoms with E-state index >= 15 is 0 Å². The van der Waals surface area contributed by atoms with Crippen molar-refractivity contribution in [2.45, 2.75) is 25.7 Å². The summed E-state index contributed by atoms with van der Waals surface area (Å²) in [5, 5.41) is 0. The summed E-state index contributed by atoms with van der Waals surface area (Å²) in [6.07, 6.45) is 1.77. The van der Waals surface area contributed by atoms with E-state index in [1.807, 2.05) is 20.8 Å². The number of nitrogens with zero attached hydrogens (tertiary/aromatic N) is 1. The summed E-state index contributed by atoms with van der Waals surface area (Å²) in [5.74, 6) is 0. The largest absolute Gasteiger partial charge is 0.307 e. The van der Waals surface area contributed by atoms with Crippen LogP contribution in [0.5, 0.6) is 0 Å². The van der Waals surface area contributed by atoms with Crippen LogP contribution in [0, 0.1) is 20.8 Å². The van der Waals surface area contributed by atoms with Crippen molar-refractivity contribution in [3.63, 3.8) is 0 Å². The molecule has 0 bridgehead atoms. The standard InChI is InChI=1S/C12H15N2O2S2/c1-9-4-6-12(7-5-9)18(15,16)13-14-8-10(2)11(3)17-14/h4-8,13H,1-3H3/q+1. The summed E-state index contributed by atoms with van der Waals surface area (Å²) in [5.41, 5.74) is 2.09. The lowest BCUT2D eigenvalue weighted by atomic mass is 10.2. The number of hydrogen-bond donors (Lipinski definition) is 1. The minimum Gasteiger partial charge on any atom is -0.197 e. The van der Waals surface area contributed by atoms with Crippen molar-refractivity contribution < 1.29 is 12.5 Å². The van der Waals surface area contributed by atoms with E-state index in [0.29, 0.717) is 0 Å². The van der Waals surface area contributed by atoms with Crippen molar-refractivity contribution in [3.8, 4) is 0 Å². The second kappa shape index (κ2) is 4.70. The van der Waals surface area contributed by atoms with E-state index in [4.69, 9.17) is 0 Å². The number of aryl methyl sites for hydroxylation is 3. The highest BCUT2D eigenvalue weighted by atomic mass is 32.2. The van der Waals surface area contributed by atoms with E-state index in [2.05, 4.69) is 4.83 Å². The van der Waals surface area contributed by atoms with Gasteiger partial charge in [0.2, 0.25) is 6.20 Å². The fraction of sp³-hybridized carbons (Fsp3) is 0.250. The van der Waals surface area contributed by atoms with Crippen LogP contribution < -0.4 is 8.90 Å². The highest BCUT2D eigenvalue weighted by Gasteiger charge is 2.20. The molecule has 0 atom stereocenters. The molecule has 4 nitrogen and oxygen atoms in total. The van der Waals surface area contributed by atoms with Crippen molar-refractivity contribution in [1.82, 2.24) is 0 Å². The zero-order chi connectivity index (χ0) is 13.3. The first kappa shape index (κ1) is 13.0. The van der Waals surface area contributed by atoms with Crippen LogP contribution in [-0.4, -0.2) is 8.42 Å². The van der Waals surface area contributed by atoms with E-state index in [-0.39, 0.29) is 4.90 Å². The topological polar surface area (TPSA) is 50.1 Å². The first-order chi connectivity index (χ1) is 8.38. The summed E-state index contributed by atoms with van der Waals surface area (Å²) in [4.78, 5) is 3.88. The maximum atomic E-state index is 12.1. The Morgan fingerprint density at radius 2 is 1.72 bits per heavy atom. The van der Waals surface area contributed by atoms with Gasteiger partial charge in [-0.15, -0.1) is 0 Å². The zero-order valence-corrected chi connectivity index (χ0v) is 12.1. The minimum absolute atomic E-state index is 0.268. The number of rotatable bonds is 3. The van der Waals surface area contributed by atoms with Gasteiger partial charge in [0.05, 0.1) is 9.77 Å². The molecule has 0 spiro atoms. The summed E-state index contributed by atoms with van der Waals surface area (Å²) in [6, 6.07) is 6.77. The Kier molecular flexibility index (Phi) is 3.41. The number of sulfonamides is 1. The summed E-state index contributed by atoms with van der Waals surface area (Å²) >= 11 is 1.37. The molecule has 1 heterocycles. The molecule has 0 amide bonds. The Hall–Kier alpha value is -1.40. The molecule has 0 aliphatic heterocycles. The fourth-order valence-corrected chi connectivity index (χ4v) is 3.48. The molecule has 18 heavy (non-hydrogen) atoms. The lowest BCUT2D eigenvalue weighted by Crippen LogP contribution is -2.44. The van der Waals surface area contributed by atoms with Gasteiger partial charge in [0.1, 0.15) is 0 Å². The molecular formula is C12H15N2O2S2+. The molecule has 2 rings (SSSR count). The van der Waals surface area contributed by atoms with Crippen LogP contribution in [0.4, 0.5) is 0 Å². The predicted molar refractivity (Wildman–Crippen MR) is 71.7 cm³/mol. The molecule has 0 aliphatic rings. The molecular weight excluding hydrogens is 268 g/mol. The molecule has 96 valence electrons. The second-order valence-corrected chi connectivity index (χ2v) is 7.04. The van der Waals surface area contributed by atoms with Crippen molar-refractivity contribution in [1.29, 1.82) is 0 Å². The zero-order valence-electron chi connectivity index (χ0n) is 10.5. The number of aromatic nitrogens is 1. The van der Waals surface area contributed by atoms with Gasteiger partial charge in [-0.3, -0.25) is 0 Å². The predicted octanol–water partition coefficient (Wildman–Crippen LogP) is 1.89. The van der Waals surface area contributed by atoms with Crippen LogP contribution in [0.2, 0.25) is 0 Å². The maximum absolute atomic E-state index is 12.1. The monoisotopic (exact) mass is 283 g/mol. The molecule has 1 N–H and O–H groups in total. The Balaban J connectivity index is 2.29. The summed E-state index contributed by atoms with van der Waals surface area (Å²) in [7, 11) is -3.51. The minimum atomic E-state index is -3.51. The van der Waals surface area contributed by atoms with Crippen LogP contribution in [0.1, 0.15) is 16.0 Å². The van der Waals surface area contributed by atoms with Gasteiger partial charge < -0.3 is 0 Å². The average Bonchev–Trinajstić information content (AvgIpc) is 2.57. The second-order valence-electron chi connectivity index (χ2n) is 4.19. The molecule has 1 aromatic carbocycles. The first-order valence-corrected chi connectivity index (χ1v) is 7.73. The third-order valence-electron chi connectivity index (χ3n) is 2.64. The quantitative estimate of drug-likeness (QED) is 0.875. The summed E-state index contributed by atoms with van der Waals surface area (Å²) in [6.45, 7) is 5.82. The van der Waals surface area contributed by atoms with Crippen molar-refractivity contribution in [3.05, 3.63) is 46.5 Å². The highest BCUT2D eigenvalue weighted by molar-refractivity contribution is 7.92. The number of nitrogens with one attached hydrogen (secondary N) is 1. The molecule has 6 heteroatoms. The average molecular weight is 283 g/mol. The molecule has 0 saturated carbocycles. The van der Waals surface area contributed by atoms with Crippen molar-refractivity contribution in [2.75, 3.05) is 4.83 Å². The lowest BCUT2D eigenvalue weighted by molar-refractivity contribution is -0.564. The van der Waals surface area contributed by atoms with Gasteiger partial charge in [0.25, 0.3) is 0 Å². The van der Waals surface area contributed by atoms with Gasteiger partial charge in [-0.2, -0.15) is 8.42 Å². The number of benzene rings is 1. The van der Waals surface area contributed by atoms with Crippen LogP contribution >= 0.6 is 11.5 Å². The van der Waals surface area contributed by atoms with Crippen LogP contribution in [0.3, 0.4) is 0 Å². The molecule has 0 fully saturated rings. The Morgan fingerprint density at radius 3 is 2.22 bits per heavy atom. The molecule has 0 unspecified atom stereocenters. The van der Waals surface area contributed by atoms with Gasteiger partial charge >= 0.3 is 10.0 Å². The third kappa shape index (κ3) is 2.70. The molecule has 1 aromatic heterocycles. The van der Waals surface area contributed by atoms with Gasteiger partial charge in [-0.25, -0.2) is 0 Å². The van der Waals surface area contributed by atoms with Crippen molar-refractivity contribution in [2.24, 2.45) is 0 Å². The molecule has 0 aliphatic carbocycles. The Labute approximate surface area is 111 Å². The highest BCUT2D eigenvalue weighted by Crippen LogP contribution is 2.11. The van der Waals surface area contributed by atoms with Crippen LogP contribution in [0.15, 0.2) is 35.4 Å². The van der Waals surface area contributed by atoms with E-state index in [1.54, 1.807) is 30.5 Å². The lowest BCUT2D eigenvalue weighted by Gasteiger charge is -2.01. The van der Waals surface area contributed by atoms with Gasteiger partial charge in [-0.1, -0.05) is 22.5 Å². The Bertz CT molecular complexity index is 638. The van der Waals surface area contributed by atoms with E-state index in [1.165, 1.54) is 15.6 Å². The first-order valence-electron chi connectivity index (χ1n) is 5.47. The van der Waals surface area contributed by atoms with Crippen molar-refractivity contribution >= 4 is 21.6 Å². The molecule has 0 saturated heterocycles. The number of hydrogen-bond acceptors (Lipinski definition) is 3. The third-order valence-corrected chi connectivity index (χ3v) is 5.08. The Morgan fingerprint density at radius 1 is 1.11 bits per heavy atom. The molecule has 0 radical (unpaired) electrons. The molecule has 2 aromatic rings. The van der Waals surface area contributed by atoms with Gasteiger partial charge in [-0.05, 0) is 37.0 Å². The van der Waals surface area contributed by atoms with Crippen LogP contribution in [-0.2, 0) is 10.0 Å². The van der Waals surface area contributed by atoms with E-state index in [0.717, 1.165) is 16.0 Å². The maximum Gasteiger partial charge on any atom is 0.307 e. The fourth-order valence-electron chi connectivity index (χ4n) is 1.45. The summed E-state index contributed by atoms with van der Waals surface area (Å²) < 4.78 is 25.7.